The van der Waals surface area contributed by atoms with Crippen LogP contribution in [-0.2, 0) is 16.6 Å². The van der Waals surface area contributed by atoms with Gasteiger partial charge >= 0.3 is 0 Å². The second-order valence-corrected chi connectivity index (χ2v) is 9.24. The van der Waals surface area contributed by atoms with Crippen LogP contribution in [0.4, 0.5) is 0 Å². The minimum atomic E-state index is -0.874. The summed E-state index contributed by atoms with van der Waals surface area (Å²) in [4.78, 5) is 15.3. The largest absolute Gasteiger partial charge is 0.335 e. The molecule has 0 aromatic heterocycles. The minimum Gasteiger partial charge on any atom is -0.335 e. The highest BCUT2D eigenvalue weighted by atomic mass is 32.2. The van der Waals surface area contributed by atoms with Crippen LogP contribution >= 0.6 is 0 Å². The molecule has 0 spiro atoms. The fourth-order valence-corrected chi connectivity index (χ4v) is 5.88. The summed E-state index contributed by atoms with van der Waals surface area (Å²) >= 11 is 0. The van der Waals surface area contributed by atoms with Crippen molar-refractivity contribution in [1.29, 1.82) is 0 Å². The summed E-state index contributed by atoms with van der Waals surface area (Å²) in [5.41, 5.74) is 1.77. The molecule has 5 rings (SSSR count). The Kier molecular flexibility index (Phi) is 4.04. The fourth-order valence-electron chi connectivity index (χ4n) is 5.23. The highest BCUT2D eigenvalue weighted by Gasteiger charge is 2.44. The third-order valence-electron chi connectivity index (χ3n) is 5.91. The summed E-state index contributed by atoms with van der Waals surface area (Å²) in [6.07, 6.45) is 8.16. The van der Waals surface area contributed by atoms with E-state index >= 15 is 0 Å². The number of carbonyl (C=O) groups is 1. The first-order valence-electron chi connectivity index (χ1n) is 8.78. The average Bonchev–Trinajstić information content (AvgIpc) is 2.70. The number of hydrogen-bond donors (Lipinski definition) is 0. The Balaban J connectivity index is 1.58. The lowest BCUT2D eigenvalue weighted by Gasteiger charge is -2.39. The summed E-state index contributed by atoms with van der Waals surface area (Å²) in [6.45, 7) is 0.945. The van der Waals surface area contributed by atoms with Crippen LogP contribution in [0.1, 0.15) is 48.0 Å². The van der Waals surface area contributed by atoms with Crippen LogP contribution in [0.5, 0.6) is 0 Å². The molecule has 2 unspecified atom stereocenters. The molecule has 2 heterocycles. The zero-order chi connectivity index (χ0) is 16.0. The maximum absolute atomic E-state index is 13.1. The van der Waals surface area contributed by atoms with Gasteiger partial charge in [-0.2, -0.15) is 0 Å². The number of rotatable bonds is 3. The SMILES string of the molecule is C[S@@](=O)Cc1cccc(C(=O)N2CC3C[C@@H]4CC2C[C@H](C3)C4)c1. The van der Waals surface area contributed by atoms with E-state index in [0.717, 1.165) is 29.5 Å². The third kappa shape index (κ3) is 3.10. The van der Waals surface area contributed by atoms with Gasteiger partial charge in [0.25, 0.3) is 5.91 Å². The molecule has 4 heteroatoms. The van der Waals surface area contributed by atoms with Gasteiger partial charge in [-0.3, -0.25) is 9.00 Å². The van der Waals surface area contributed by atoms with Crippen LogP contribution in [0, 0.1) is 17.8 Å². The van der Waals surface area contributed by atoms with Gasteiger partial charge in [-0.1, -0.05) is 12.1 Å². The predicted octanol–water partition coefficient (Wildman–Crippen LogP) is 3.22. The Hall–Kier alpha value is -1.16. The third-order valence-corrected chi connectivity index (χ3v) is 6.65. The van der Waals surface area contributed by atoms with Gasteiger partial charge in [0.2, 0.25) is 0 Å². The molecule has 23 heavy (non-hydrogen) atoms. The van der Waals surface area contributed by atoms with E-state index in [1.807, 2.05) is 24.3 Å². The Morgan fingerprint density at radius 1 is 1.13 bits per heavy atom. The molecule has 4 fully saturated rings. The number of hydrogen-bond acceptors (Lipinski definition) is 2. The van der Waals surface area contributed by atoms with Gasteiger partial charge in [0, 0.05) is 41.0 Å². The smallest absolute Gasteiger partial charge is 0.254 e. The van der Waals surface area contributed by atoms with E-state index in [1.165, 1.54) is 32.1 Å². The zero-order valence-corrected chi connectivity index (χ0v) is 14.6. The average molecular weight is 331 g/mol. The van der Waals surface area contributed by atoms with Gasteiger partial charge in [-0.05, 0) is 67.6 Å². The van der Waals surface area contributed by atoms with Crippen molar-refractivity contribution >= 4 is 16.7 Å². The molecule has 1 amide bonds. The van der Waals surface area contributed by atoms with Gasteiger partial charge in [0.15, 0.2) is 0 Å². The van der Waals surface area contributed by atoms with Crippen molar-refractivity contribution in [2.75, 3.05) is 12.8 Å². The molecule has 124 valence electrons. The first-order valence-corrected chi connectivity index (χ1v) is 10.5. The van der Waals surface area contributed by atoms with Gasteiger partial charge in [-0.25, -0.2) is 0 Å². The molecular weight excluding hydrogens is 306 g/mol. The van der Waals surface area contributed by atoms with E-state index < -0.39 is 10.8 Å². The molecule has 2 saturated carbocycles. The minimum absolute atomic E-state index is 0.187. The highest BCUT2D eigenvalue weighted by molar-refractivity contribution is 7.83. The summed E-state index contributed by atoms with van der Waals surface area (Å²) < 4.78 is 11.4. The van der Waals surface area contributed by atoms with Crippen molar-refractivity contribution in [1.82, 2.24) is 4.90 Å². The molecule has 4 aliphatic rings. The molecule has 4 bridgehead atoms. The van der Waals surface area contributed by atoms with Crippen molar-refractivity contribution in [3.8, 4) is 0 Å². The van der Waals surface area contributed by atoms with Crippen LogP contribution in [0.3, 0.4) is 0 Å². The lowest BCUT2D eigenvalue weighted by atomic mass is 9.68. The van der Waals surface area contributed by atoms with Crippen LogP contribution in [0.25, 0.3) is 0 Å². The van der Waals surface area contributed by atoms with Crippen molar-refractivity contribution < 1.29 is 9.00 Å². The second-order valence-electron chi connectivity index (χ2n) is 7.81. The van der Waals surface area contributed by atoms with Crippen LogP contribution in [0.15, 0.2) is 24.3 Å². The molecule has 1 aromatic rings. The summed E-state index contributed by atoms with van der Waals surface area (Å²) in [5, 5.41) is 0. The van der Waals surface area contributed by atoms with Crippen molar-refractivity contribution in [2.45, 2.75) is 43.9 Å². The maximum atomic E-state index is 13.1. The van der Waals surface area contributed by atoms with E-state index in [0.29, 0.717) is 17.7 Å². The van der Waals surface area contributed by atoms with Gasteiger partial charge in [0.05, 0.1) is 0 Å². The molecule has 2 aliphatic carbocycles. The molecule has 1 aromatic carbocycles. The van der Waals surface area contributed by atoms with E-state index in [1.54, 1.807) is 6.26 Å². The highest BCUT2D eigenvalue weighted by Crippen LogP contribution is 2.47. The lowest BCUT2D eigenvalue weighted by molar-refractivity contribution is 0.0632. The molecule has 2 saturated heterocycles. The Morgan fingerprint density at radius 2 is 1.83 bits per heavy atom. The van der Waals surface area contributed by atoms with E-state index in [9.17, 15) is 9.00 Å². The van der Waals surface area contributed by atoms with E-state index in [4.69, 9.17) is 0 Å². The fraction of sp³-hybridized carbons (Fsp3) is 0.632. The monoisotopic (exact) mass is 331 g/mol. The van der Waals surface area contributed by atoms with E-state index in [2.05, 4.69) is 4.90 Å². The first kappa shape index (κ1) is 15.4. The first-order chi connectivity index (χ1) is 11.1. The number of benzene rings is 1. The molecule has 2 aliphatic heterocycles. The molecule has 3 nitrogen and oxygen atoms in total. The van der Waals surface area contributed by atoms with Gasteiger partial charge in [0.1, 0.15) is 0 Å². The van der Waals surface area contributed by atoms with Gasteiger partial charge in [-0.15, -0.1) is 0 Å². The van der Waals surface area contributed by atoms with Gasteiger partial charge < -0.3 is 4.90 Å². The van der Waals surface area contributed by atoms with Crippen molar-refractivity contribution in [3.63, 3.8) is 0 Å². The van der Waals surface area contributed by atoms with Crippen LogP contribution < -0.4 is 0 Å². The van der Waals surface area contributed by atoms with Crippen LogP contribution in [-0.4, -0.2) is 33.9 Å². The number of amides is 1. The normalized spacial score (nSPS) is 33.5. The van der Waals surface area contributed by atoms with E-state index in [-0.39, 0.29) is 5.91 Å². The number of nitrogens with zero attached hydrogens (tertiary/aromatic N) is 1. The Morgan fingerprint density at radius 3 is 2.52 bits per heavy atom. The summed E-state index contributed by atoms with van der Waals surface area (Å²) in [5.74, 6) is 3.12. The topological polar surface area (TPSA) is 37.4 Å². The number of carbonyl (C=O) groups excluding carboxylic acids is 1. The predicted molar refractivity (Wildman–Crippen MR) is 92.6 cm³/mol. The number of fused-ring (bicyclic) bond motifs is 1. The molecule has 0 radical (unpaired) electrons. The lowest BCUT2D eigenvalue weighted by Crippen LogP contribution is -2.42. The molecule has 0 N–H and O–H groups in total. The van der Waals surface area contributed by atoms with Crippen molar-refractivity contribution in [2.24, 2.45) is 17.8 Å². The summed E-state index contributed by atoms with van der Waals surface area (Å²) in [6, 6.07) is 8.20. The zero-order valence-electron chi connectivity index (χ0n) is 13.7. The van der Waals surface area contributed by atoms with Crippen LogP contribution in [0.2, 0.25) is 0 Å². The molecular formula is C19H25NO2S. The standard InChI is InChI=1S/C19H25NO2S/c1-23(22)12-13-3-2-4-17(8-13)19(21)20-11-16-6-14-5-15(7-16)10-18(20)9-14/h2-4,8,14-16,18H,5-7,9-12H2,1H3/t14-,15+,16?,18?,23-/m1/s1. The Bertz CT molecular complexity index is 630. The van der Waals surface area contributed by atoms with Crippen molar-refractivity contribution in [3.05, 3.63) is 35.4 Å². The summed E-state index contributed by atoms with van der Waals surface area (Å²) in [7, 11) is -0.874. The quantitative estimate of drug-likeness (QED) is 0.853. The maximum Gasteiger partial charge on any atom is 0.254 e. The molecule has 5 atom stereocenters. The Labute approximate surface area is 140 Å². The second kappa shape index (κ2) is 6.04.